The van der Waals surface area contributed by atoms with E-state index in [4.69, 9.17) is 0 Å². The Kier molecular flexibility index (Phi) is 5.43. The highest BCUT2D eigenvalue weighted by molar-refractivity contribution is 5.77. The summed E-state index contributed by atoms with van der Waals surface area (Å²) in [6.07, 6.45) is -4.41. The molecule has 1 fully saturated rings. The quantitative estimate of drug-likeness (QED) is 0.627. The number of halogens is 3. The fourth-order valence-corrected chi connectivity index (χ4v) is 4.37. The van der Waals surface area contributed by atoms with Crippen molar-refractivity contribution in [2.45, 2.75) is 6.18 Å². The lowest BCUT2D eigenvalue weighted by Crippen LogP contribution is -2.52. The molecule has 10 heteroatoms. The van der Waals surface area contributed by atoms with Gasteiger partial charge in [-0.15, -0.1) is 0 Å². The molecule has 0 atom stereocenters. The van der Waals surface area contributed by atoms with Gasteiger partial charge in [-0.1, -0.05) is 24.3 Å². The molecule has 32 heavy (non-hydrogen) atoms. The van der Waals surface area contributed by atoms with Gasteiger partial charge in [0.15, 0.2) is 0 Å². The number of fused-ring (bicyclic) bond motifs is 2. The molecule has 0 saturated carbocycles. The van der Waals surface area contributed by atoms with E-state index in [0.717, 1.165) is 60.3 Å². The molecule has 0 spiro atoms. The maximum Gasteiger partial charge on any atom is 0.416 e. The third-order valence-electron chi connectivity index (χ3n) is 5.84. The van der Waals surface area contributed by atoms with E-state index in [0.29, 0.717) is 11.4 Å². The SMILES string of the molecule is CN1C2=C(O)N(c3ccc(C(F)(F)F)cc3)NC2=c2ccccc2=C1N1CCNCC1.O. The lowest BCUT2D eigenvalue weighted by atomic mass is 10.1. The number of piperazine rings is 1. The smallest absolute Gasteiger partial charge is 0.416 e. The Bertz CT molecular complexity index is 1170. The van der Waals surface area contributed by atoms with Crippen LogP contribution in [0.25, 0.3) is 11.5 Å². The minimum atomic E-state index is -4.41. The van der Waals surface area contributed by atoms with Crippen molar-refractivity contribution in [1.29, 1.82) is 0 Å². The van der Waals surface area contributed by atoms with Crippen LogP contribution < -0.4 is 26.2 Å². The number of alkyl halides is 3. The molecule has 0 aliphatic carbocycles. The summed E-state index contributed by atoms with van der Waals surface area (Å²) in [5, 5.41) is 17.8. The number of hydrazine groups is 1. The molecule has 5 N–H and O–H groups in total. The summed E-state index contributed by atoms with van der Waals surface area (Å²) in [5.74, 6) is 0.942. The Morgan fingerprint density at radius 3 is 2.19 bits per heavy atom. The van der Waals surface area contributed by atoms with Crippen LogP contribution in [0.3, 0.4) is 0 Å². The lowest BCUT2D eigenvalue weighted by molar-refractivity contribution is -0.137. The van der Waals surface area contributed by atoms with E-state index in [9.17, 15) is 18.3 Å². The molecular formula is C22H24F3N5O2. The van der Waals surface area contributed by atoms with Crippen LogP contribution in [0.5, 0.6) is 0 Å². The van der Waals surface area contributed by atoms with E-state index >= 15 is 0 Å². The Morgan fingerprint density at radius 1 is 0.938 bits per heavy atom. The number of aliphatic hydroxyl groups excluding tert-OH is 1. The van der Waals surface area contributed by atoms with Gasteiger partial charge in [0, 0.05) is 43.7 Å². The number of likely N-dealkylation sites (N-methyl/N-ethyl adjacent to an activating group) is 1. The van der Waals surface area contributed by atoms with Gasteiger partial charge in [-0.3, -0.25) is 5.43 Å². The number of aliphatic hydroxyl groups is 1. The minimum Gasteiger partial charge on any atom is -0.492 e. The summed E-state index contributed by atoms with van der Waals surface area (Å²) in [5.41, 5.74) is 4.17. The average molecular weight is 447 g/mol. The van der Waals surface area contributed by atoms with Gasteiger partial charge in [0.25, 0.3) is 0 Å². The van der Waals surface area contributed by atoms with Gasteiger partial charge in [0.2, 0.25) is 5.88 Å². The number of hydrogen-bond acceptors (Lipinski definition) is 6. The first kappa shape index (κ1) is 21.8. The molecule has 2 aromatic rings. The molecular weight excluding hydrogens is 423 g/mol. The number of anilines is 1. The summed E-state index contributed by atoms with van der Waals surface area (Å²) in [7, 11) is 1.90. The second-order valence-corrected chi connectivity index (χ2v) is 7.70. The molecule has 7 nitrogen and oxygen atoms in total. The monoisotopic (exact) mass is 447 g/mol. The average Bonchev–Trinajstić information content (AvgIpc) is 3.12. The van der Waals surface area contributed by atoms with Gasteiger partial charge in [-0.2, -0.15) is 13.2 Å². The van der Waals surface area contributed by atoms with E-state index < -0.39 is 11.7 Å². The van der Waals surface area contributed by atoms with Crippen LogP contribution in [0, 0.1) is 0 Å². The van der Waals surface area contributed by atoms with Crippen LogP contribution in [0.1, 0.15) is 5.56 Å². The Morgan fingerprint density at radius 2 is 1.56 bits per heavy atom. The highest BCUT2D eigenvalue weighted by Gasteiger charge is 2.37. The van der Waals surface area contributed by atoms with Crippen molar-refractivity contribution in [3.63, 3.8) is 0 Å². The number of benzene rings is 2. The first-order valence-corrected chi connectivity index (χ1v) is 10.1. The maximum absolute atomic E-state index is 12.9. The van der Waals surface area contributed by atoms with Gasteiger partial charge in [0.05, 0.1) is 16.9 Å². The second kappa shape index (κ2) is 7.95. The van der Waals surface area contributed by atoms with Gasteiger partial charge in [0.1, 0.15) is 11.5 Å². The normalized spacial score (nSPS) is 18.3. The molecule has 1 saturated heterocycles. The molecule has 3 aliphatic heterocycles. The molecule has 0 unspecified atom stereocenters. The zero-order valence-electron chi connectivity index (χ0n) is 17.4. The van der Waals surface area contributed by atoms with Crippen LogP contribution in [0.2, 0.25) is 0 Å². The maximum atomic E-state index is 12.9. The predicted molar refractivity (Wildman–Crippen MR) is 115 cm³/mol. The van der Waals surface area contributed by atoms with Crippen molar-refractivity contribution >= 4 is 17.2 Å². The van der Waals surface area contributed by atoms with Crippen LogP contribution in [-0.2, 0) is 6.18 Å². The second-order valence-electron chi connectivity index (χ2n) is 7.70. The van der Waals surface area contributed by atoms with E-state index in [2.05, 4.69) is 15.6 Å². The summed E-state index contributed by atoms with van der Waals surface area (Å²) < 4.78 is 38.8. The summed E-state index contributed by atoms with van der Waals surface area (Å²) in [4.78, 5) is 4.24. The fourth-order valence-electron chi connectivity index (χ4n) is 4.37. The standard InChI is InChI=1S/C22H22F3N5O.H2O/c1-28-19-18(16-4-2-3-5-17(16)20(28)29-12-10-26-11-13-29)27-30(21(19)31)15-8-6-14(7-9-15)22(23,24)25;/h2-9,26-27,31H,10-13H2,1H3;1H2. The number of hydrogen-bond donors (Lipinski definition) is 3. The van der Waals surface area contributed by atoms with Crippen LogP contribution in [0.4, 0.5) is 18.9 Å². The topological polar surface area (TPSA) is 85.5 Å². The largest absolute Gasteiger partial charge is 0.492 e. The molecule has 0 amide bonds. The summed E-state index contributed by atoms with van der Waals surface area (Å²) in [6.45, 7) is 3.43. The molecule has 3 heterocycles. The summed E-state index contributed by atoms with van der Waals surface area (Å²) in [6, 6.07) is 12.7. The Balaban J connectivity index is 0.00000245. The molecule has 0 aromatic heterocycles. The zero-order valence-corrected chi connectivity index (χ0v) is 17.4. The van der Waals surface area contributed by atoms with Gasteiger partial charge >= 0.3 is 6.18 Å². The molecule has 5 rings (SSSR count). The van der Waals surface area contributed by atoms with E-state index in [-0.39, 0.29) is 11.4 Å². The van der Waals surface area contributed by atoms with E-state index in [1.165, 1.54) is 17.1 Å². The van der Waals surface area contributed by atoms with Gasteiger partial charge in [-0.25, -0.2) is 5.01 Å². The van der Waals surface area contributed by atoms with Crippen molar-refractivity contribution in [1.82, 2.24) is 20.5 Å². The number of nitrogens with zero attached hydrogens (tertiary/aromatic N) is 3. The van der Waals surface area contributed by atoms with Gasteiger partial charge < -0.3 is 25.7 Å². The predicted octanol–water partition coefficient (Wildman–Crippen LogP) is 0.657. The highest BCUT2D eigenvalue weighted by Crippen LogP contribution is 2.35. The third kappa shape index (κ3) is 3.41. The third-order valence-corrected chi connectivity index (χ3v) is 5.84. The summed E-state index contributed by atoms with van der Waals surface area (Å²) >= 11 is 0. The van der Waals surface area contributed by atoms with Crippen LogP contribution in [0.15, 0.2) is 60.1 Å². The van der Waals surface area contributed by atoms with Crippen LogP contribution >= 0.6 is 0 Å². The minimum absolute atomic E-state index is 0. The van der Waals surface area contributed by atoms with Crippen molar-refractivity contribution in [3.8, 4) is 0 Å². The molecule has 170 valence electrons. The van der Waals surface area contributed by atoms with Crippen molar-refractivity contribution < 1.29 is 23.8 Å². The first-order chi connectivity index (χ1) is 14.9. The fraction of sp³-hybridized carbons (Fsp3) is 0.273. The number of rotatable bonds is 2. The number of nitrogens with one attached hydrogen (secondary N) is 2. The Labute approximate surface area is 182 Å². The lowest BCUT2D eigenvalue weighted by Gasteiger charge is -2.38. The first-order valence-electron chi connectivity index (χ1n) is 10.1. The van der Waals surface area contributed by atoms with Gasteiger partial charge in [-0.05, 0) is 24.3 Å². The van der Waals surface area contributed by atoms with Crippen molar-refractivity contribution in [2.75, 3.05) is 38.2 Å². The van der Waals surface area contributed by atoms with Crippen molar-refractivity contribution in [3.05, 3.63) is 76.1 Å². The molecule has 0 radical (unpaired) electrons. The van der Waals surface area contributed by atoms with E-state index in [1.54, 1.807) is 0 Å². The highest BCUT2D eigenvalue weighted by atomic mass is 19.4. The molecule has 3 aliphatic rings. The Hall–Kier alpha value is -3.37. The van der Waals surface area contributed by atoms with Crippen LogP contribution in [-0.4, -0.2) is 53.6 Å². The van der Waals surface area contributed by atoms with Crippen molar-refractivity contribution in [2.24, 2.45) is 0 Å². The molecule has 0 bridgehead atoms. The molecule has 2 aromatic carbocycles. The zero-order chi connectivity index (χ0) is 21.8. The van der Waals surface area contributed by atoms with E-state index in [1.807, 2.05) is 36.2 Å².